The molecule has 0 saturated carbocycles. The lowest BCUT2D eigenvalue weighted by molar-refractivity contribution is 0.123. The average Bonchev–Trinajstić information content (AvgIpc) is 2.46. The van der Waals surface area contributed by atoms with Crippen LogP contribution in [0.4, 0.5) is 5.82 Å². The Morgan fingerprint density at radius 2 is 1.81 bits per heavy atom. The molecule has 1 unspecified atom stereocenters. The minimum absolute atomic E-state index is 0.0947. The molecule has 2 heterocycles. The molecule has 1 aliphatic rings. The van der Waals surface area contributed by atoms with Crippen molar-refractivity contribution in [1.82, 2.24) is 19.8 Å². The van der Waals surface area contributed by atoms with E-state index in [-0.39, 0.29) is 6.10 Å². The van der Waals surface area contributed by atoms with Crippen molar-refractivity contribution < 1.29 is 4.74 Å². The molecule has 1 aliphatic heterocycles. The van der Waals surface area contributed by atoms with E-state index in [4.69, 9.17) is 4.74 Å². The zero-order valence-corrected chi connectivity index (χ0v) is 13.5. The first kappa shape index (κ1) is 16.0. The quantitative estimate of drug-likeness (QED) is 0.853. The van der Waals surface area contributed by atoms with Crippen LogP contribution >= 0.6 is 0 Å². The van der Waals surface area contributed by atoms with Gasteiger partial charge in [-0.1, -0.05) is 0 Å². The zero-order chi connectivity index (χ0) is 15.2. The monoisotopic (exact) mass is 293 g/mol. The van der Waals surface area contributed by atoms with E-state index in [9.17, 15) is 0 Å². The van der Waals surface area contributed by atoms with Crippen molar-refractivity contribution in [2.75, 3.05) is 45.1 Å². The van der Waals surface area contributed by atoms with Gasteiger partial charge in [-0.05, 0) is 27.8 Å². The summed E-state index contributed by atoms with van der Waals surface area (Å²) in [4.78, 5) is 13.5. The van der Waals surface area contributed by atoms with Gasteiger partial charge < -0.3 is 15.0 Å². The van der Waals surface area contributed by atoms with Gasteiger partial charge in [0.2, 0.25) is 0 Å². The van der Waals surface area contributed by atoms with Crippen LogP contribution in [0.25, 0.3) is 0 Å². The molecule has 6 heteroatoms. The summed E-state index contributed by atoms with van der Waals surface area (Å²) in [5.74, 6) is 1.31. The molecule has 1 atom stereocenters. The zero-order valence-electron chi connectivity index (χ0n) is 13.5. The molecule has 0 aromatic carbocycles. The number of hydrogen-bond donors (Lipinski definition) is 1. The van der Waals surface area contributed by atoms with Crippen LogP contribution in [0.15, 0.2) is 12.4 Å². The number of piperazine rings is 1. The van der Waals surface area contributed by atoms with Crippen molar-refractivity contribution in [1.29, 1.82) is 0 Å². The predicted molar refractivity (Wildman–Crippen MR) is 84.8 cm³/mol. The van der Waals surface area contributed by atoms with E-state index in [0.29, 0.717) is 11.9 Å². The Morgan fingerprint density at radius 1 is 1.14 bits per heavy atom. The van der Waals surface area contributed by atoms with Crippen LogP contribution in [0.5, 0.6) is 5.88 Å². The highest BCUT2D eigenvalue weighted by Gasteiger charge is 2.19. The smallest absolute Gasteiger partial charge is 0.257 e. The van der Waals surface area contributed by atoms with Gasteiger partial charge in [0.25, 0.3) is 5.88 Å². The predicted octanol–water partition coefficient (Wildman–Crippen LogP) is 1.31. The Bertz CT molecular complexity index is 432. The SMILES string of the molecule is CC(C)Oc1nccnc1NCC(C)N1CCN(C)CC1. The average molecular weight is 293 g/mol. The third-order valence-electron chi connectivity index (χ3n) is 3.74. The van der Waals surface area contributed by atoms with E-state index in [1.165, 1.54) is 0 Å². The number of rotatable bonds is 6. The molecule has 21 heavy (non-hydrogen) atoms. The van der Waals surface area contributed by atoms with Crippen LogP contribution in [-0.2, 0) is 0 Å². The summed E-state index contributed by atoms with van der Waals surface area (Å²) in [6.45, 7) is 11.6. The maximum Gasteiger partial charge on any atom is 0.257 e. The van der Waals surface area contributed by atoms with Crippen LogP contribution in [0.3, 0.4) is 0 Å². The van der Waals surface area contributed by atoms with Crippen LogP contribution in [0.1, 0.15) is 20.8 Å². The Balaban J connectivity index is 1.87. The Morgan fingerprint density at radius 3 is 2.48 bits per heavy atom. The van der Waals surface area contributed by atoms with Crippen LogP contribution in [0.2, 0.25) is 0 Å². The molecule has 1 aromatic heterocycles. The van der Waals surface area contributed by atoms with Crippen molar-refractivity contribution in [3.05, 3.63) is 12.4 Å². The molecule has 0 bridgehead atoms. The molecule has 2 rings (SSSR count). The minimum atomic E-state index is 0.0947. The minimum Gasteiger partial charge on any atom is -0.472 e. The number of anilines is 1. The summed E-state index contributed by atoms with van der Waals surface area (Å²) < 4.78 is 5.68. The van der Waals surface area contributed by atoms with Crippen molar-refractivity contribution in [3.63, 3.8) is 0 Å². The fourth-order valence-corrected chi connectivity index (χ4v) is 2.39. The molecule has 1 saturated heterocycles. The number of nitrogens with zero attached hydrogens (tertiary/aromatic N) is 4. The number of ether oxygens (including phenoxy) is 1. The molecule has 1 N–H and O–H groups in total. The highest BCUT2D eigenvalue weighted by Crippen LogP contribution is 2.19. The van der Waals surface area contributed by atoms with Gasteiger partial charge in [-0.2, -0.15) is 0 Å². The van der Waals surface area contributed by atoms with Gasteiger partial charge in [0.15, 0.2) is 5.82 Å². The molecule has 0 amide bonds. The Hall–Kier alpha value is -1.40. The van der Waals surface area contributed by atoms with Gasteiger partial charge in [-0.3, -0.25) is 4.90 Å². The summed E-state index contributed by atoms with van der Waals surface area (Å²) in [7, 11) is 2.18. The van der Waals surface area contributed by atoms with E-state index >= 15 is 0 Å². The number of nitrogens with one attached hydrogen (secondary N) is 1. The largest absolute Gasteiger partial charge is 0.472 e. The van der Waals surface area contributed by atoms with Gasteiger partial charge in [-0.15, -0.1) is 0 Å². The van der Waals surface area contributed by atoms with Crippen molar-refractivity contribution in [3.8, 4) is 5.88 Å². The van der Waals surface area contributed by atoms with Gasteiger partial charge in [0, 0.05) is 51.2 Å². The summed E-state index contributed by atoms with van der Waals surface area (Å²) in [5.41, 5.74) is 0. The standard InChI is InChI=1S/C15H27N5O/c1-12(2)21-15-14(16-5-6-17-15)18-11-13(3)20-9-7-19(4)8-10-20/h5-6,12-13H,7-11H2,1-4H3,(H,16,18). The molecule has 0 spiro atoms. The van der Waals surface area contributed by atoms with Gasteiger partial charge in [0.1, 0.15) is 0 Å². The van der Waals surface area contributed by atoms with Crippen LogP contribution in [0, 0.1) is 0 Å². The second kappa shape index (κ2) is 7.56. The van der Waals surface area contributed by atoms with Crippen molar-refractivity contribution in [2.45, 2.75) is 32.9 Å². The fraction of sp³-hybridized carbons (Fsp3) is 0.733. The highest BCUT2D eigenvalue weighted by molar-refractivity contribution is 5.44. The lowest BCUT2D eigenvalue weighted by Crippen LogP contribution is -2.49. The Kier molecular flexibility index (Phi) is 5.76. The molecule has 1 fully saturated rings. The first-order chi connectivity index (χ1) is 10.1. The molecular formula is C15H27N5O. The second-order valence-electron chi connectivity index (χ2n) is 5.95. The Labute approximate surface area is 127 Å². The third-order valence-corrected chi connectivity index (χ3v) is 3.74. The van der Waals surface area contributed by atoms with E-state index in [2.05, 4.69) is 39.1 Å². The molecule has 6 nitrogen and oxygen atoms in total. The van der Waals surface area contributed by atoms with Crippen molar-refractivity contribution in [2.24, 2.45) is 0 Å². The number of hydrogen-bond acceptors (Lipinski definition) is 6. The lowest BCUT2D eigenvalue weighted by Gasteiger charge is -2.36. The lowest BCUT2D eigenvalue weighted by atomic mass is 10.2. The summed E-state index contributed by atoms with van der Waals surface area (Å²) in [6, 6.07) is 0.465. The van der Waals surface area contributed by atoms with E-state index < -0.39 is 0 Å². The molecule has 0 radical (unpaired) electrons. The fourth-order valence-electron chi connectivity index (χ4n) is 2.39. The maximum absolute atomic E-state index is 5.68. The molecule has 0 aliphatic carbocycles. The summed E-state index contributed by atoms with van der Waals surface area (Å²) >= 11 is 0. The second-order valence-corrected chi connectivity index (χ2v) is 5.95. The molecular weight excluding hydrogens is 266 g/mol. The first-order valence-electron chi connectivity index (χ1n) is 7.70. The maximum atomic E-state index is 5.68. The topological polar surface area (TPSA) is 53.5 Å². The van der Waals surface area contributed by atoms with Crippen LogP contribution in [-0.4, -0.2) is 71.7 Å². The summed E-state index contributed by atoms with van der Waals surface area (Å²) in [5, 5.41) is 3.37. The van der Waals surface area contributed by atoms with Gasteiger partial charge >= 0.3 is 0 Å². The van der Waals surface area contributed by atoms with E-state index in [0.717, 1.165) is 38.5 Å². The first-order valence-corrected chi connectivity index (χ1v) is 7.70. The highest BCUT2D eigenvalue weighted by atomic mass is 16.5. The number of likely N-dealkylation sites (N-methyl/N-ethyl adjacent to an activating group) is 1. The van der Waals surface area contributed by atoms with E-state index in [1.54, 1.807) is 12.4 Å². The van der Waals surface area contributed by atoms with E-state index in [1.807, 2.05) is 13.8 Å². The summed E-state index contributed by atoms with van der Waals surface area (Å²) in [6.07, 6.45) is 3.44. The molecule has 118 valence electrons. The van der Waals surface area contributed by atoms with Crippen LogP contribution < -0.4 is 10.1 Å². The molecule has 1 aromatic rings. The van der Waals surface area contributed by atoms with Gasteiger partial charge in [0.05, 0.1) is 6.10 Å². The van der Waals surface area contributed by atoms with Crippen molar-refractivity contribution >= 4 is 5.82 Å². The third kappa shape index (κ3) is 4.82. The number of aromatic nitrogens is 2. The normalized spacial score (nSPS) is 18.7. The van der Waals surface area contributed by atoms with Gasteiger partial charge in [-0.25, -0.2) is 9.97 Å².